The molecule has 1 aromatic carbocycles. The van der Waals surface area contributed by atoms with E-state index in [0.29, 0.717) is 29.2 Å². The predicted octanol–water partition coefficient (Wildman–Crippen LogP) is 4.16. The van der Waals surface area contributed by atoms with Crippen LogP contribution in [0.3, 0.4) is 0 Å². The number of rotatable bonds is 9. The van der Waals surface area contributed by atoms with Gasteiger partial charge in [-0.15, -0.1) is 19.0 Å². The molecule has 2 aromatic rings. The number of benzene rings is 1. The van der Waals surface area contributed by atoms with Crippen molar-refractivity contribution >= 4 is 40.8 Å². The summed E-state index contributed by atoms with van der Waals surface area (Å²) in [6, 6.07) is 4.58. The van der Waals surface area contributed by atoms with Crippen LogP contribution < -0.4 is 10.6 Å². The van der Waals surface area contributed by atoms with Crippen molar-refractivity contribution in [3.05, 3.63) is 41.0 Å². The SMILES string of the molecule is C=CCNc1nc(NCCCCC)nc2ccc([N+](=O)[O-])cc12.Cl. The minimum absolute atomic E-state index is 0. The van der Waals surface area contributed by atoms with E-state index in [9.17, 15) is 10.1 Å². The van der Waals surface area contributed by atoms with E-state index in [-0.39, 0.29) is 18.1 Å². The quantitative estimate of drug-likeness (QED) is 0.305. The van der Waals surface area contributed by atoms with Gasteiger partial charge >= 0.3 is 0 Å². The van der Waals surface area contributed by atoms with Crippen LogP contribution in [0.25, 0.3) is 10.9 Å². The molecule has 8 heteroatoms. The maximum atomic E-state index is 11.0. The first kappa shape index (κ1) is 19.6. The van der Waals surface area contributed by atoms with E-state index in [4.69, 9.17) is 0 Å². The fraction of sp³-hybridized carbons (Fsp3) is 0.375. The highest BCUT2D eigenvalue weighted by Crippen LogP contribution is 2.26. The maximum absolute atomic E-state index is 11.0. The zero-order valence-corrected chi connectivity index (χ0v) is 14.4. The lowest BCUT2D eigenvalue weighted by Gasteiger charge is -2.10. The molecule has 0 atom stereocenters. The fourth-order valence-electron chi connectivity index (χ4n) is 2.19. The molecule has 0 aliphatic rings. The first-order valence-corrected chi connectivity index (χ1v) is 7.70. The largest absolute Gasteiger partial charge is 0.366 e. The second kappa shape index (κ2) is 9.67. The lowest BCUT2D eigenvalue weighted by Crippen LogP contribution is -2.09. The Bertz CT molecular complexity index is 708. The van der Waals surface area contributed by atoms with Crippen LogP contribution in [0.1, 0.15) is 26.2 Å². The fourth-order valence-corrected chi connectivity index (χ4v) is 2.19. The highest BCUT2D eigenvalue weighted by atomic mass is 35.5. The summed E-state index contributed by atoms with van der Waals surface area (Å²) in [7, 11) is 0. The van der Waals surface area contributed by atoms with Crippen molar-refractivity contribution in [2.45, 2.75) is 26.2 Å². The second-order valence-corrected chi connectivity index (χ2v) is 5.16. The molecule has 2 rings (SSSR count). The molecule has 0 spiro atoms. The summed E-state index contributed by atoms with van der Waals surface area (Å²) in [5.74, 6) is 1.09. The Morgan fingerprint density at radius 1 is 1.29 bits per heavy atom. The van der Waals surface area contributed by atoms with Gasteiger partial charge in [0.2, 0.25) is 5.95 Å². The molecule has 0 saturated heterocycles. The Morgan fingerprint density at radius 2 is 2.08 bits per heavy atom. The monoisotopic (exact) mass is 351 g/mol. The van der Waals surface area contributed by atoms with Crippen LogP contribution in [-0.2, 0) is 0 Å². The number of non-ortho nitro benzene ring substituents is 1. The van der Waals surface area contributed by atoms with Gasteiger partial charge in [-0.1, -0.05) is 25.8 Å². The van der Waals surface area contributed by atoms with Crippen molar-refractivity contribution in [1.82, 2.24) is 9.97 Å². The van der Waals surface area contributed by atoms with Gasteiger partial charge in [-0.3, -0.25) is 10.1 Å². The number of nitrogens with zero attached hydrogens (tertiary/aromatic N) is 3. The van der Waals surface area contributed by atoms with Crippen molar-refractivity contribution in [2.24, 2.45) is 0 Å². The molecule has 24 heavy (non-hydrogen) atoms. The van der Waals surface area contributed by atoms with Gasteiger partial charge in [-0.2, -0.15) is 4.98 Å². The second-order valence-electron chi connectivity index (χ2n) is 5.16. The normalized spacial score (nSPS) is 10.0. The van der Waals surface area contributed by atoms with Crippen molar-refractivity contribution in [3.63, 3.8) is 0 Å². The first-order valence-electron chi connectivity index (χ1n) is 7.70. The molecule has 7 nitrogen and oxygen atoms in total. The number of halogens is 1. The summed E-state index contributed by atoms with van der Waals surface area (Å²) in [5.41, 5.74) is 0.682. The Morgan fingerprint density at radius 3 is 2.75 bits per heavy atom. The van der Waals surface area contributed by atoms with E-state index in [1.165, 1.54) is 12.1 Å². The molecule has 2 N–H and O–H groups in total. The van der Waals surface area contributed by atoms with Crippen molar-refractivity contribution in [1.29, 1.82) is 0 Å². The molecular formula is C16H22ClN5O2. The zero-order valence-electron chi connectivity index (χ0n) is 13.6. The number of aromatic nitrogens is 2. The number of nitro groups is 1. The predicted molar refractivity (Wildman–Crippen MR) is 100 cm³/mol. The molecule has 0 fully saturated rings. The average Bonchev–Trinajstić information content (AvgIpc) is 2.56. The number of anilines is 2. The number of unbranched alkanes of at least 4 members (excludes halogenated alkanes) is 2. The zero-order chi connectivity index (χ0) is 16.7. The molecule has 0 aliphatic heterocycles. The van der Waals surface area contributed by atoms with Crippen molar-refractivity contribution < 1.29 is 4.92 Å². The molecule has 0 bridgehead atoms. The Hall–Kier alpha value is -2.41. The molecular weight excluding hydrogens is 330 g/mol. The van der Waals surface area contributed by atoms with Crippen LogP contribution in [0.4, 0.5) is 17.5 Å². The molecule has 0 radical (unpaired) electrons. The summed E-state index contributed by atoms with van der Waals surface area (Å²) < 4.78 is 0. The van der Waals surface area contributed by atoms with Crippen LogP contribution in [0.15, 0.2) is 30.9 Å². The van der Waals surface area contributed by atoms with E-state index in [1.807, 2.05) is 0 Å². The van der Waals surface area contributed by atoms with Gasteiger partial charge in [0.15, 0.2) is 0 Å². The summed E-state index contributed by atoms with van der Waals surface area (Å²) >= 11 is 0. The third kappa shape index (κ3) is 5.06. The van der Waals surface area contributed by atoms with Gasteiger partial charge in [0.25, 0.3) is 5.69 Å². The standard InChI is InChI=1S/C16H21N5O2.ClH/c1-3-5-6-10-18-16-19-14-8-7-12(21(22)23)11-13(14)15(20-16)17-9-4-2;/h4,7-8,11H,2-3,5-6,9-10H2,1H3,(H2,17,18,19,20);1H. The first-order chi connectivity index (χ1) is 11.2. The van der Waals surface area contributed by atoms with Gasteiger partial charge in [0.1, 0.15) is 5.82 Å². The highest BCUT2D eigenvalue weighted by Gasteiger charge is 2.12. The molecule has 1 heterocycles. The highest BCUT2D eigenvalue weighted by molar-refractivity contribution is 5.91. The summed E-state index contributed by atoms with van der Waals surface area (Å²) in [6.45, 7) is 7.13. The Kier molecular flexibility index (Phi) is 7.91. The number of nitrogens with one attached hydrogen (secondary N) is 2. The number of hydrogen-bond acceptors (Lipinski definition) is 6. The van der Waals surface area contributed by atoms with Crippen LogP contribution in [-0.4, -0.2) is 28.0 Å². The molecule has 0 aliphatic carbocycles. The van der Waals surface area contributed by atoms with E-state index in [2.05, 4.69) is 34.1 Å². The summed E-state index contributed by atoms with van der Waals surface area (Å²) in [5, 5.41) is 17.9. The maximum Gasteiger partial charge on any atom is 0.270 e. The molecule has 0 unspecified atom stereocenters. The average molecular weight is 352 g/mol. The van der Waals surface area contributed by atoms with Gasteiger partial charge in [-0.25, -0.2) is 4.98 Å². The molecule has 130 valence electrons. The van der Waals surface area contributed by atoms with E-state index in [1.54, 1.807) is 12.1 Å². The van der Waals surface area contributed by atoms with Crippen LogP contribution in [0.2, 0.25) is 0 Å². The molecule has 1 aromatic heterocycles. The minimum atomic E-state index is -0.423. The lowest BCUT2D eigenvalue weighted by atomic mass is 10.2. The van der Waals surface area contributed by atoms with E-state index >= 15 is 0 Å². The third-order valence-corrected chi connectivity index (χ3v) is 3.37. The molecule has 0 saturated carbocycles. The molecule has 0 amide bonds. The van der Waals surface area contributed by atoms with E-state index in [0.717, 1.165) is 25.8 Å². The third-order valence-electron chi connectivity index (χ3n) is 3.37. The number of nitro benzene ring substituents is 1. The number of fused-ring (bicyclic) bond motifs is 1. The van der Waals surface area contributed by atoms with Crippen molar-refractivity contribution in [3.8, 4) is 0 Å². The Balaban J connectivity index is 0.00000288. The van der Waals surface area contributed by atoms with Crippen LogP contribution in [0, 0.1) is 10.1 Å². The summed E-state index contributed by atoms with van der Waals surface area (Å²) in [4.78, 5) is 19.4. The van der Waals surface area contributed by atoms with Crippen molar-refractivity contribution in [2.75, 3.05) is 23.7 Å². The van der Waals surface area contributed by atoms with Gasteiger partial charge in [-0.05, 0) is 12.5 Å². The van der Waals surface area contributed by atoms with Crippen LogP contribution in [0.5, 0.6) is 0 Å². The topological polar surface area (TPSA) is 93.0 Å². The Labute approximate surface area is 147 Å². The lowest BCUT2D eigenvalue weighted by molar-refractivity contribution is -0.384. The van der Waals surface area contributed by atoms with E-state index < -0.39 is 4.92 Å². The summed E-state index contributed by atoms with van der Waals surface area (Å²) in [6.07, 6.45) is 5.05. The van der Waals surface area contributed by atoms with Crippen LogP contribution >= 0.6 is 12.4 Å². The minimum Gasteiger partial charge on any atom is -0.366 e. The number of hydrogen-bond donors (Lipinski definition) is 2. The van der Waals surface area contributed by atoms with Gasteiger partial charge < -0.3 is 10.6 Å². The van der Waals surface area contributed by atoms with Gasteiger partial charge in [0.05, 0.1) is 10.4 Å². The smallest absolute Gasteiger partial charge is 0.270 e. The van der Waals surface area contributed by atoms with Gasteiger partial charge in [0, 0.05) is 30.6 Å².